The van der Waals surface area contributed by atoms with E-state index in [-0.39, 0.29) is 23.5 Å². The number of methoxy groups -OCH3 is 1. The van der Waals surface area contributed by atoms with Gasteiger partial charge in [0.2, 0.25) is 11.8 Å². The molecule has 1 aromatic heterocycles. The Morgan fingerprint density at radius 2 is 2.26 bits per heavy atom. The van der Waals surface area contributed by atoms with Gasteiger partial charge in [0.05, 0.1) is 23.7 Å². The van der Waals surface area contributed by atoms with E-state index in [1.165, 1.54) is 18.0 Å². The summed E-state index contributed by atoms with van der Waals surface area (Å²) < 4.78 is 5.21. The maximum atomic E-state index is 13.4. The molecule has 0 radical (unpaired) electrons. The number of likely N-dealkylation sites (tertiary alicyclic amines) is 1. The second kappa shape index (κ2) is 9.85. The molecule has 9 nitrogen and oxygen atoms in total. The van der Waals surface area contributed by atoms with Gasteiger partial charge in [-0.25, -0.2) is 10.4 Å². The molecule has 4 heterocycles. The highest BCUT2D eigenvalue weighted by atomic mass is 35.5. The first-order chi connectivity index (χ1) is 16.3. The number of aromatic nitrogens is 1. The average molecular weight is 486 g/mol. The third-order valence-electron chi connectivity index (χ3n) is 6.99. The molecule has 1 amide bonds. The number of ether oxygens (including phenoxy) is 1. The number of hydrazine groups is 1. The first-order valence-corrected chi connectivity index (χ1v) is 11.9. The summed E-state index contributed by atoms with van der Waals surface area (Å²) in [5.74, 6) is 0.109. The summed E-state index contributed by atoms with van der Waals surface area (Å²) in [6, 6.07) is 1.74. The zero-order valence-electron chi connectivity index (χ0n) is 20.0. The van der Waals surface area contributed by atoms with Gasteiger partial charge in [-0.05, 0) is 50.3 Å². The normalized spacial score (nSPS) is 26.4. The molecular formula is C24H32ClN7O2. The molecule has 4 rings (SSSR count). The van der Waals surface area contributed by atoms with Crippen LogP contribution in [0.2, 0.25) is 5.02 Å². The highest BCUT2D eigenvalue weighted by Gasteiger charge is 2.45. The van der Waals surface area contributed by atoms with E-state index in [0.717, 1.165) is 36.1 Å². The minimum atomic E-state index is -0.388. The van der Waals surface area contributed by atoms with Gasteiger partial charge in [-0.15, -0.1) is 0 Å². The monoisotopic (exact) mass is 485 g/mol. The summed E-state index contributed by atoms with van der Waals surface area (Å²) in [5.41, 5.74) is 10.1. The van der Waals surface area contributed by atoms with Crippen LogP contribution in [0.25, 0.3) is 0 Å². The number of allylic oxidation sites excluding steroid dienone is 3. The fourth-order valence-electron chi connectivity index (χ4n) is 5.05. The number of amides is 1. The van der Waals surface area contributed by atoms with E-state index >= 15 is 0 Å². The molecule has 2 saturated heterocycles. The van der Waals surface area contributed by atoms with Gasteiger partial charge >= 0.3 is 0 Å². The predicted molar refractivity (Wildman–Crippen MR) is 133 cm³/mol. The van der Waals surface area contributed by atoms with E-state index < -0.39 is 0 Å². The molecule has 3 aliphatic rings. The van der Waals surface area contributed by atoms with Crippen molar-refractivity contribution in [1.29, 1.82) is 5.41 Å². The Bertz CT molecular complexity index is 1080. The van der Waals surface area contributed by atoms with Gasteiger partial charge in [0.25, 0.3) is 0 Å². The van der Waals surface area contributed by atoms with Crippen LogP contribution in [0.4, 0.5) is 0 Å². The molecule has 1 aromatic rings. The van der Waals surface area contributed by atoms with Crippen LogP contribution >= 0.6 is 11.6 Å². The third-order valence-corrected chi connectivity index (χ3v) is 7.31. The van der Waals surface area contributed by atoms with Gasteiger partial charge in [-0.2, -0.15) is 0 Å². The quantitative estimate of drug-likeness (QED) is 0.363. The van der Waals surface area contributed by atoms with Crippen LogP contribution in [0.15, 0.2) is 40.2 Å². The van der Waals surface area contributed by atoms with E-state index in [9.17, 15) is 4.79 Å². The zero-order valence-corrected chi connectivity index (χ0v) is 20.8. The number of carbonyl (C=O) groups excluding carboxylic acids is 1. The summed E-state index contributed by atoms with van der Waals surface area (Å²) in [6.45, 7) is 5.18. The van der Waals surface area contributed by atoms with Gasteiger partial charge in [0.1, 0.15) is 6.17 Å². The Morgan fingerprint density at radius 3 is 2.97 bits per heavy atom. The minimum absolute atomic E-state index is 0.0532. The highest BCUT2D eigenvalue weighted by molar-refractivity contribution is 6.31. The molecule has 3 aliphatic heterocycles. The Balaban J connectivity index is 1.48. The molecule has 3 atom stereocenters. The number of rotatable bonds is 6. The number of nitrogens with one attached hydrogen (secondary N) is 4. The summed E-state index contributed by atoms with van der Waals surface area (Å²) in [6.07, 6.45) is 7.57. The summed E-state index contributed by atoms with van der Waals surface area (Å²) >= 11 is 6.35. The second-order valence-electron chi connectivity index (χ2n) is 9.09. The largest absolute Gasteiger partial charge is 0.481 e. The Morgan fingerprint density at radius 1 is 1.47 bits per heavy atom. The van der Waals surface area contributed by atoms with E-state index in [4.69, 9.17) is 26.7 Å². The molecule has 0 aromatic carbocycles. The number of aliphatic imine (C=N–C) groups is 1. The fraction of sp³-hybridized carbons (Fsp3) is 0.500. The Labute approximate surface area is 205 Å². The smallest absolute Gasteiger partial charge is 0.229 e. The SMILES string of the molecule is CNNC(C=N)=C1C=C2CC[C@@]3(CCN(C(=O)[C@H](C)c4cc(OC)ncc4Cl)C3)NC2N=C1C. The number of fused-ring (bicyclic) bond motifs is 1. The van der Waals surface area contributed by atoms with Gasteiger partial charge in [-0.3, -0.25) is 15.1 Å². The van der Waals surface area contributed by atoms with Crippen LogP contribution in [0.3, 0.4) is 0 Å². The number of dihydropyridines is 1. The molecule has 182 valence electrons. The van der Waals surface area contributed by atoms with Crippen LogP contribution in [0.1, 0.15) is 44.6 Å². The molecule has 0 aliphatic carbocycles. The van der Waals surface area contributed by atoms with Crippen molar-refractivity contribution in [2.24, 2.45) is 4.99 Å². The van der Waals surface area contributed by atoms with E-state index in [0.29, 0.717) is 29.7 Å². The predicted octanol–water partition coefficient (Wildman–Crippen LogP) is 2.56. The molecule has 1 unspecified atom stereocenters. The van der Waals surface area contributed by atoms with E-state index in [2.05, 4.69) is 27.2 Å². The van der Waals surface area contributed by atoms with Crippen molar-refractivity contribution in [3.05, 3.63) is 45.8 Å². The lowest BCUT2D eigenvalue weighted by atomic mass is 9.82. The van der Waals surface area contributed by atoms with Gasteiger partial charge in [0, 0.05) is 55.4 Å². The van der Waals surface area contributed by atoms with Crippen molar-refractivity contribution in [3.8, 4) is 5.88 Å². The van der Waals surface area contributed by atoms with Crippen molar-refractivity contribution in [2.75, 3.05) is 27.2 Å². The third kappa shape index (κ3) is 4.60. The van der Waals surface area contributed by atoms with Crippen LogP contribution in [0.5, 0.6) is 5.88 Å². The van der Waals surface area contributed by atoms with E-state index in [1.807, 2.05) is 18.7 Å². The van der Waals surface area contributed by atoms with Crippen LogP contribution in [0, 0.1) is 5.41 Å². The standard InChI is InChI=1S/C24H32ClN7O2/c1-14(17-10-21(34-4)28-12-19(17)25)23(33)32-8-7-24(13-32)6-5-16-9-18(20(11-26)31-27-3)15(2)29-22(16)30-24/h9-12,14,22,26-27,30-31H,5-8,13H2,1-4H3/t14-,22?,24+/m1/s1. The lowest BCUT2D eigenvalue weighted by molar-refractivity contribution is -0.131. The second-order valence-corrected chi connectivity index (χ2v) is 9.49. The molecule has 0 saturated carbocycles. The number of hydrogen-bond donors (Lipinski definition) is 4. The van der Waals surface area contributed by atoms with Crippen molar-refractivity contribution in [3.63, 3.8) is 0 Å². The topological polar surface area (TPSA) is 115 Å². The maximum Gasteiger partial charge on any atom is 0.229 e. The van der Waals surface area contributed by atoms with Crippen molar-refractivity contribution in [2.45, 2.75) is 50.7 Å². The molecule has 0 bridgehead atoms. The number of carbonyl (C=O) groups is 1. The number of pyridine rings is 1. The molecule has 10 heteroatoms. The molecule has 2 fully saturated rings. The maximum absolute atomic E-state index is 13.4. The lowest BCUT2D eigenvalue weighted by Crippen LogP contribution is -2.56. The number of hydrogen-bond acceptors (Lipinski definition) is 8. The zero-order chi connectivity index (χ0) is 24.5. The fourth-order valence-corrected chi connectivity index (χ4v) is 5.32. The average Bonchev–Trinajstić information content (AvgIpc) is 3.24. The first-order valence-electron chi connectivity index (χ1n) is 11.5. The molecule has 34 heavy (non-hydrogen) atoms. The van der Waals surface area contributed by atoms with Crippen LogP contribution < -0.4 is 20.9 Å². The van der Waals surface area contributed by atoms with Gasteiger partial charge in [0.15, 0.2) is 0 Å². The summed E-state index contributed by atoms with van der Waals surface area (Å²) in [7, 11) is 3.32. The first kappa shape index (κ1) is 24.4. The number of halogens is 1. The summed E-state index contributed by atoms with van der Waals surface area (Å²) in [4.78, 5) is 24.3. The van der Waals surface area contributed by atoms with Crippen LogP contribution in [-0.2, 0) is 4.79 Å². The summed E-state index contributed by atoms with van der Waals surface area (Å²) in [5, 5.41) is 11.9. The Hall–Kier alpha value is -2.75. The van der Waals surface area contributed by atoms with E-state index in [1.54, 1.807) is 20.2 Å². The molecule has 4 N–H and O–H groups in total. The number of nitrogens with zero attached hydrogens (tertiary/aromatic N) is 3. The van der Waals surface area contributed by atoms with Gasteiger partial charge < -0.3 is 20.5 Å². The van der Waals surface area contributed by atoms with Crippen molar-refractivity contribution < 1.29 is 9.53 Å². The molecule has 1 spiro atoms. The number of piperidine rings is 1. The van der Waals surface area contributed by atoms with Crippen molar-refractivity contribution in [1.82, 2.24) is 26.1 Å². The van der Waals surface area contributed by atoms with Crippen LogP contribution in [-0.4, -0.2) is 66.7 Å². The highest BCUT2D eigenvalue weighted by Crippen LogP contribution is 2.38. The van der Waals surface area contributed by atoms with Gasteiger partial charge in [-0.1, -0.05) is 11.6 Å². The lowest BCUT2D eigenvalue weighted by Gasteiger charge is -2.41. The Kier molecular flexibility index (Phi) is 7.06. The minimum Gasteiger partial charge on any atom is -0.481 e. The van der Waals surface area contributed by atoms with Crippen molar-refractivity contribution >= 4 is 29.4 Å². The molecular weight excluding hydrogens is 454 g/mol.